The van der Waals surface area contributed by atoms with E-state index < -0.39 is 5.91 Å². The minimum atomic E-state index is -0.567. The molecule has 0 aliphatic heterocycles. The first-order valence-electron chi connectivity index (χ1n) is 5.64. The number of benzene rings is 1. The van der Waals surface area contributed by atoms with E-state index in [2.05, 4.69) is 0 Å². The number of hydrogen-bond donors (Lipinski definition) is 1. The summed E-state index contributed by atoms with van der Waals surface area (Å²) in [5.74, 6) is 0.215. The molecule has 1 aromatic carbocycles. The number of nitrogens with two attached hydrogens (primary N) is 1. The van der Waals surface area contributed by atoms with E-state index in [1.807, 2.05) is 31.2 Å². The van der Waals surface area contributed by atoms with Crippen LogP contribution in [0.25, 0.3) is 11.3 Å². The number of amides is 1. The zero-order chi connectivity index (χ0) is 13.1. The van der Waals surface area contributed by atoms with Crippen molar-refractivity contribution in [3.8, 4) is 11.3 Å². The first-order chi connectivity index (χ1) is 8.61. The predicted octanol–water partition coefficient (Wildman–Crippen LogP) is 2.75. The Hall–Kier alpha value is -2.07. The van der Waals surface area contributed by atoms with Gasteiger partial charge in [-0.25, -0.2) is 0 Å². The van der Waals surface area contributed by atoms with Crippen LogP contribution in [0.5, 0.6) is 0 Å². The standard InChI is InChI=1S/C14H15NO3/c1-9(17-2)10-4-3-5-11(8-10)12-6-7-13(18-12)14(15)16/h3-9H,1-2H3,(H2,15,16)/t9-/m1/s1. The van der Waals surface area contributed by atoms with Crippen molar-refractivity contribution < 1.29 is 13.9 Å². The predicted molar refractivity (Wildman–Crippen MR) is 68.1 cm³/mol. The van der Waals surface area contributed by atoms with Gasteiger partial charge in [-0.05, 0) is 30.7 Å². The zero-order valence-corrected chi connectivity index (χ0v) is 10.3. The molecule has 2 aromatic rings. The van der Waals surface area contributed by atoms with Crippen LogP contribution in [-0.4, -0.2) is 13.0 Å². The Morgan fingerprint density at radius 3 is 2.72 bits per heavy atom. The van der Waals surface area contributed by atoms with E-state index in [1.54, 1.807) is 19.2 Å². The van der Waals surface area contributed by atoms with Crippen LogP contribution in [0, 0.1) is 0 Å². The van der Waals surface area contributed by atoms with Crippen molar-refractivity contribution in [3.63, 3.8) is 0 Å². The summed E-state index contributed by atoms with van der Waals surface area (Å²) < 4.78 is 10.6. The average molecular weight is 245 g/mol. The highest BCUT2D eigenvalue weighted by Crippen LogP contribution is 2.26. The fourth-order valence-corrected chi connectivity index (χ4v) is 1.71. The number of primary amides is 1. The summed E-state index contributed by atoms with van der Waals surface area (Å²) in [4.78, 5) is 11.0. The van der Waals surface area contributed by atoms with E-state index in [1.165, 1.54) is 0 Å². The molecule has 18 heavy (non-hydrogen) atoms. The molecule has 0 radical (unpaired) electrons. The maximum Gasteiger partial charge on any atom is 0.284 e. The molecule has 0 fully saturated rings. The SMILES string of the molecule is CO[C@H](C)c1cccc(-c2ccc(C(N)=O)o2)c1. The highest BCUT2D eigenvalue weighted by atomic mass is 16.5. The lowest BCUT2D eigenvalue weighted by molar-refractivity contribution is 0.0974. The Morgan fingerprint density at radius 2 is 2.11 bits per heavy atom. The van der Waals surface area contributed by atoms with Gasteiger partial charge in [0, 0.05) is 12.7 Å². The van der Waals surface area contributed by atoms with Crippen LogP contribution in [0.3, 0.4) is 0 Å². The van der Waals surface area contributed by atoms with Gasteiger partial charge in [0.15, 0.2) is 5.76 Å². The van der Waals surface area contributed by atoms with E-state index in [9.17, 15) is 4.79 Å². The molecule has 94 valence electrons. The maximum absolute atomic E-state index is 11.0. The highest BCUT2D eigenvalue weighted by Gasteiger charge is 2.10. The van der Waals surface area contributed by atoms with Crippen LogP contribution in [0.1, 0.15) is 29.1 Å². The van der Waals surface area contributed by atoms with Crippen molar-refractivity contribution in [1.29, 1.82) is 0 Å². The number of furan rings is 1. The van der Waals surface area contributed by atoms with Crippen LogP contribution < -0.4 is 5.73 Å². The van der Waals surface area contributed by atoms with Crippen LogP contribution in [0.4, 0.5) is 0 Å². The second-order valence-corrected chi connectivity index (χ2v) is 4.03. The van der Waals surface area contributed by atoms with Gasteiger partial charge in [0.25, 0.3) is 5.91 Å². The quantitative estimate of drug-likeness (QED) is 0.900. The molecule has 0 saturated heterocycles. The van der Waals surface area contributed by atoms with Crippen molar-refractivity contribution in [2.75, 3.05) is 7.11 Å². The molecule has 1 amide bonds. The third-order valence-corrected chi connectivity index (χ3v) is 2.84. The molecular formula is C14H15NO3. The lowest BCUT2D eigenvalue weighted by Gasteiger charge is -2.10. The zero-order valence-electron chi connectivity index (χ0n) is 10.3. The minimum absolute atomic E-state index is 0.00974. The fourth-order valence-electron chi connectivity index (χ4n) is 1.71. The second-order valence-electron chi connectivity index (χ2n) is 4.03. The summed E-state index contributed by atoms with van der Waals surface area (Å²) in [5.41, 5.74) is 7.09. The molecule has 2 N–H and O–H groups in total. The van der Waals surface area contributed by atoms with E-state index in [0.717, 1.165) is 11.1 Å². The smallest absolute Gasteiger partial charge is 0.284 e. The minimum Gasteiger partial charge on any atom is -0.451 e. The summed E-state index contributed by atoms with van der Waals surface area (Å²) >= 11 is 0. The van der Waals surface area contributed by atoms with Crippen molar-refractivity contribution >= 4 is 5.91 Å². The summed E-state index contributed by atoms with van der Waals surface area (Å²) in [6, 6.07) is 11.1. The van der Waals surface area contributed by atoms with Gasteiger partial charge in [-0.2, -0.15) is 0 Å². The van der Waals surface area contributed by atoms with Crippen molar-refractivity contribution in [1.82, 2.24) is 0 Å². The molecule has 1 heterocycles. The molecule has 0 spiro atoms. The Labute approximate surface area is 105 Å². The van der Waals surface area contributed by atoms with Crippen molar-refractivity contribution in [2.45, 2.75) is 13.0 Å². The lowest BCUT2D eigenvalue weighted by Crippen LogP contribution is -2.09. The molecule has 4 nitrogen and oxygen atoms in total. The molecule has 0 unspecified atom stereocenters. The molecule has 0 aliphatic carbocycles. The molecule has 0 aliphatic rings. The number of ether oxygens (including phenoxy) is 1. The molecular weight excluding hydrogens is 230 g/mol. The topological polar surface area (TPSA) is 65.5 Å². The van der Waals surface area contributed by atoms with Crippen LogP contribution in [-0.2, 0) is 4.74 Å². The highest BCUT2D eigenvalue weighted by molar-refractivity contribution is 5.90. The van der Waals surface area contributed by atoms with Crippen molar-refractivity contribution in [2.24, 2.45) is 5.73 Å². The average Bonchev–Trinajstić information content (AvgIpc) is 2.88. The molecule has 4 heteroatoms. The van der Waals surface area contributed by atoms with E-state index >= 15 is 0 Å². The van der Waals surface area contributed by atoms with Gasteiger partial charge >= 0.3 is 0 Å². The van der Waals surface area contributed by atoms with E-state index in [4.69, 9.17) is 14.9 Å². The van der Waals surface area contributed by atoms with Gasteiger partial charge in [0.1, 0.15) is 5.76 Å². The monoisotopic (exact) mass is 245 g/mol. The first kappa shape index (κ1) is 12.4. The Morgan fingerprint density at radius 1 is 1.33 bits per heavy atom. The molecule has 1 aromatic heterocycles. The van der Waals surface area contributed by atoms with Gasteiger partial charge in [-0.1, -0.05) is 18.2 Å². The normalized spacial score (nSPS) is 12.3. The third-order valence-electron chi connectivity index (χ3n) is 2.84. The van der Waals surface area contributed by atoms with E-state index in [0.29, 0.717) is 5.76 Å². The maximum atomic E-state index is 11.0. The number of carbonyl (C=O) groups excluding carboxylic acids is 1. The van der Waals surface area contributed by atoms with Gasteiger partial charge in [-0.3, -0.25) is 4.79 Å². The summed E-state index contributed by atoms with van der Waals surface area (Å²) in [6.07, 6.45) is 0.00974. The summed E-state index contributed by atoms with van der Waals surface area (Å²) in [7, 11) is 1.66. The van der Waals surface area contributed by atoms with Crippen LogP contribution in [0.15, 0.2) is 40.8 Å². The summed E-state index contributed by atoms with van der Waals surface area (Å²) in [5, 5.41) is 0. The molecule has 0 bridgehead atoms. The van der Waals surface area contributed by atoms with Crippen molar-refractivity contribution in [3.05, 3.63) is 47.7 Å². The Balaban J connectivity index is 2.35. The van der Waals surface area contributed by atoms with Crippen LogP contribution in [0.2, 0.25) is 0 Å². The largest absolute Gasteiger partial charge is 0.451 e. The van der Waals surface area contributed by atoms with Gasteiger partial charge < -0.3 is 14.9 Å². The van der Waals surface area contributed by atoms with Gasteiger partial charge in [-0.15, -0.1) is 0 Å². The Bertz CT molecular complexity index is 560. The Kier molecular flexibility index (Phi) is 3.48. The molecule has 0 saturated carbocycles. The number of methoxy groups -OCH3 is 1. The number of rotatable bonds is 4. The lowest BCUT2D eigenvalue weighted by atomic mass is 10.1. The van der Waals surface area contributed by atoms with E-state index in [-0.39, 0.29) is 11.9 Å². The molecule has 2 rings (SSSR count). The van der Waals surface area contributed by atoms with Gasteiger partial charge in [0.05, 0.1) is 6.10 Å². The fraction of sp³-hybridized carbons (Fsp3) is 0.214. The summed E-state index contributed by atoms with van der Waals surface area (Å²) in [6.45, 7) is 1.97. The molecule has 1 atom stereocenters. The first-order valence-corrected chi connectivity index (χ1v) is 5.64. The third kappa shape index (κ3) is 2.43. The number of carbonyl (C=O) groups is 1. The second kappa shape index (κ2) is 5.06. The van der Waals surface area contributed by atoms with Crippen LogP contribution >= 0.6 is 0 Å². The van der Waals surface area contributed by atoms with Gasteiger partial charge in [0.2, 0.25) is 0 Å². The number of hydrogen-bond acceptors (Lipinski definition) is 3.